The van der Waals surface area contributed by atoms with Gasteiger partial charge >= 0.3 is 5.97 Å². The number of anilines is 1. The highest BCUT2D eigenvalue weighted by Crippen LogP contribution is 2.22. The maximum atomic E-state index is 11.3. The van der Waals surface area contributed by atoms with E-state index in [9.17, 15) is 4.79 Å². The fourth-order valence-corrected chi connectivity index (χ4v) is 1.56. The van der Waals surface area contributed by atoms with Crippen LogP contribution in [0.25, 0.3) is 0 Å². The predicted molar refractivity (Wildman–Crippen MR) is 60.9 cm³/mol. The van der Waals surface area contributed by atoms with E-state index < -0.39 is 0 Å². The van der Waals surface area contributed by atoms with E-state index in [1.807, 2.05) is 6.92 Å². The predicted octanol–water partition coefficient (Wildman–Crippen LogP) is 2.34. The molecule has 0 bridgehead atoms. The number of halogens is 1. The van der Waals surface area contributed by atoms with Gasteiger partial charge in [0.25, 0.3) is 0 Å². The minimum atomic E-state index is -0.262. The van der Waals surface area contributed by atoms with Crippen LogP contribution in [0.1, 0.15) is 18.1 Å². The van der Waals surface area contributed by atoms with Gasteiger partial charge in [0.2, 0.25) is 0 Å². The van der Waals surface area contributed by atoms with E-state index in [1.165, 1.54) is 0 Å². The smallest absolute Gasteiger partial charge is 0.310 e. The van der Waals surface area contributed by atoms with E-state index in [0.29, 0.717) is 17.3 Å². The van der Waals surface area contributed by atoms with Crippen molar-refractivity contribution in [1.82, 2.24) is 0 Å². The second-order valence-corrected chi connectivity index (χ2v) is 3.70. The summed E-state index contributed by atoms with van der Waals surface area (Å²) in [5.41, 5.74) is 8.03. The number of hydrogen-bond donors (Lipinski definition) is 1. The largest absolute Gasteiger partial charge is 0.466 e. The third-order valence-corrected chi connectivity index (χ3v) is 2.38. The molecule has 2 N–H and O–H groups in total. The summed E-state index contributed by atoms with van der Waals surface area (Å²) in [7, 11) is 0. The molecule has 0 radical (unpaired) electrons. The molecule has 0 saturated carbocycles. The third-order valence-electron chi connectivity index (χ3n) is 2.16. The molecule has 0 aliphatic rings. The van der Waals surface area contributed by atoms with Gasteiger partial charge in [0.15, 0.2) is 0 Å². The molecule has 0 atom stereocenters. The Morgan fingerprint density at radius 1 is 1.53 bits per heavy atom. The first-order valence-corrected chi connectivity index (χ1v) is 5.12. The Kier molecular flexibility index (Phi) is 3.97. The Bertz CT molecular complexity index is 377. The molecule has 15 heavy (non-hydrogen) atoms. The van der Waals surface area contributed by atoms with Gasteiger partial charge in [0, 0.05) is 10.7 Å². The average molecular weight is 228 g/mol. The van der Waals surface area contributed by atoms with Crippen LogP contribution in [-0.4, -0.2) is 12.6 Å². The van der Waals surface area contributed by atoms with Crippen molar-refractivity contribution in [3.63, 3.8) is 0 Å². The van der Waals surface area contributed by atoms with E-state index in [-0.39, 0.29) is 12.4 Å². The highest BCUT2D eigenvalue weighted by Gasteiger charge is 2.09. The molecule has 0 aliphatic heterocycles. The normalized spacial score (nSPS) is 10.1. The average Bonchev–Trinajstić information content (AvgIpc) is 2.13. The number of hydrogen-bond acceptors (Lipinski definition) is 3. The van der Waals surface area contributed by atoms with E-state index >= 15 is 0 Å². The Balaban J connectivity index is 2.89. The van der Waals surface area contributed by atoms with Crippen molar-refractivity contribution in [2.45, 2.75) is 20.3 Å². The molecule has 3 nitrogen and oxygen atoms in total. The zero-order valence-corrected chi connectivity index (χ0v) is 9.60. The Hall–Kier alpha value is -1.22. The number of carbonyl (C=O) groups excluding carboxylic acids is 1. The molecule has 1 aromatic carbocycles. The number of carbonyl (C=O) groups is 1. The molecule has 1 aromatic rings. The van der Waals surface area contributed by atoms with Crippen molar-refractivity contribution in [1.29, 1.82) is 0 Å². The number of nitrogen functional groups attached to an aromatic ring is 1. The van der Waals surface area contributed by atoms with E-state index in [0.717, 1.165) is 11.1 Å². The molecule has 0 aromatic heterocycles. The van der Waals surface area contributed by atoms with Crippen LogP contribution in [0.4, 0.5) is 5.69 Å². The summed E-state index contributed by atoms with van der Waals surface area (Å²) in [4.78, 5) is 11.3. The fraction of sp³-hybridized carbons (Fsp3) is 0.364. The number of rotatable bonds is 3. The molecule has 4 heteroatoms. The summed E-state index contributed by atoms with van der Waals surface area (Å²) in [5, 5.41) is 0.539. The van der Waals surface area contributed by atoms with E-state index in [1.54, 1.807) is 19.1 Å². The van der Waals surface area contributed by atoms with Gasteiger partial charge < -0.3 is 10.5 Å². The van der Waals surface area contributed by atoms with Crippen molar-refractivity contribution < 1.29 is 9.53 Å². The number of nitrogens with two attached hydrogens (primary N) is 1. The molecule has 0 unspecified atom stereocenters. The van der Waals surface area contributed by atoms with Gasteiger partial charge in [-0.2, -0.15) is 0 Å². The summed E-state index contributed by atoms with van der Waals surface area (Å²) in [6, 6.07) is 3.41. The maximum absolute atomic E-state index is 11.3. The van der Waals surface area contributed by atoms with Crippen molar-refractivity contribution in [2.24, 2.45) is 0 Å². The first-order chi connectivity index (χ1) is 7.04. The molecule has 0 amide bonds. The number of esters is 1. The quantitative estimate of drug-likeness (QED) is 0.637. The highest BCUT2D eigenvalue weighted by molar-refractivity contribution is 6.31. The van der Waals surface area contributed by atoms with Gasteiger partial charge in [-0.05, 0) is 37.1 Å². The Labute approximate surface area is 94.2 Å². The second kappa shape index (κ2) is 5.03. The third kappa shape index (κ3) is 3.13. The SMILES string of the molecule is CCOC(=O)Cc1cc(Cl)cc(N)c1C. The summed E-state index contributed by atoms with van der Waals surface area (Å²) >= 11 is 5.85. The molecule has 0 fully saturated rings. The minimum Gasteiger partial charge on any atom is -0.466 e. The van der Waals surface area contributed by atoms with Crippen molar-refractivity contribution in [3.05, 3.63) is 28.3 Å². The van der Waals surface area contributed by atoms with Crippen molar-refractivity contribution in [3.8, 4) is 0 Å². The minimum absolute atomic E-state index is 0.213. The van der Waals surface area contributed by atoms with Gasteiger partial charge in [0.1, 0.15) is 0 Å². The summed E-state index contributed by atoms with van der Waals surface area (Å²) < 4.78 is 4.86. The Morgan fingerprint density at radius 2 is 2.20 bits per heavy atom. The first-order valence-electron chi connectivity index (χ1n) is 4.74. The summed E-state index contributed by atoms with van der Waals surface area (Å²) in [6.45, 7) is 4.02. The zero-order chi connectivity index (χ0) is 11.4. The van der Waals surface area contributed by atoms with Crippen LogP contribution in [0.15, 0.2) is 12.1 Å². The van der Waals surface area contributed by atoms with Crippen LogP contribution < -0.4 is 5.73 Å². The molecule has 0 saturated heterocycles. The lowest BCUT2D eigenvalue weighted by Gasteiger charge is -2.08. The standard InChI is InChI=1S/C11H14ClNO2/c1-3-15-11(14)5-8-4-9(12)6-10(13)7(8)2/h4,6H,3,5,13H2,1-2H3. The summed E-state index contributed by atoms with van der Waals surface area (Å²) in [5.74, 6) is -0.262. The number of benzene rings is 1. The lowest BCUT2D eigenvalue weighted by molar-refractivity contribution is -0.142. The van der Waals surface area contributed by atoms with E-state index in [2.05, 4.69) is 0 Å². The molecular formula is C11H14ClNO2. The molecular weight excluding hydrogens is 214 g/mol. The van der Waals surface area contributed by atoms with Gasteiger partial charge in [-0.3, -0.25) is 4.79 Å². The van der Waals surface area contributed by atoms with Crippen LogP contribution in [0.3, 0.4) is 0 Å². The van der Waals surface area contributed by atoms with Crippen LogP contribution in [0, 0.1) is 6.92 Å². The second-order valence-electron chi connectivity index (χ2n) is 3.26. The summed E-state index contributed by atoms with van der Waals surface area (Å²) in [6.07, 6.45) is 0.213. The van der Waals surface area contributed by atoms with Crippen molar-refractivity contribution in [2.75, 3.05) is 12.3 Å². The highest BCUT2D eigenvalue weighted by atomic mass is 35.5. The van der Waals surface area contributed by atoms with Crippen LogP contribution in [0.5, 0.6) is 0 Å². The van der Waals surface area contributed by atoms with Gasteiger partial charge in [-0.25, -0.2) is 0 Å². The molecule has 1 rings (SSSR count). The van der Waals surface area contributed by atoms with Crippen molar-refractivity contribution >= 4 is 23.3 Å². The number of ether oxygens (including phenoxy) is 1. The lowest BCUT2D eigenvalue weighted by atomic mass is 10.0. The Morgan fingerprint density at radius 3 is 2.80 bits per heavy atom. The van der Waals surface area contributed by atoms with Gasteiger partial charge in [-0.1, -0.05) is 11.6 Å². The maximum Gasteiger partial charge on any atom is 0.310 e. The van der Waals surface area contributed by atoms with Gasteiger partial charge in [0.05, 0.1) is 13.0 Å². The molecule has 0 spiro atoms. The first kappa shape index (κ1) is 11.9. The van der Waals surface area contributed by atoms with Crippen LogP contribution >= 0.6 is 11.6 Å². The monoisotopic (exact) mass is 227 g/mol. The topological polar surface area (TPSA) is 52.3 Å². The zero-order valence-electron chi connectivity index (χ0n) is 8.84. The van der Waals surface area contributed by atoms with Crippen LogP contribution in [-0.2, 0) is 16.0 Å². The van der Waals surface area contributed by atoms with Gasteiger partial charge in [-0.15, -0.1) is 0 Å². The lowest BCUT2D eigenvalue weighted by Crippen LogP contribution is -2.09. The fourth-order valence-electron chi connectivity index (χ4n) is 1.31. The molecule has 82 valence electrons. The van der Waals surface area contributed by atoms with E-state index in [4.69, 9.17) is 22.1 Å². The molecule has 0 heterocycles. The van der Waals surface area contributed by atoms with Crippen LogP contribution in [0.2, 0.25) is 5.02 Å². The molecule has 0 aliphatic carbocycles.